The second-order valence-corrected chi connectivity index (χ2v) is 6.66. The molecule has 0 heterocycles. The van der Waals surface area contributed by atoms with Gasteiger partial charge in [0, 0.05) is 0 Å². The van der Waals surface area contributed by atoms with E-state index in [0.717, 1.165) is 0 Å². The Morgan fingerprint density at radius 2 is 0.810 bits per heavy atom. The molecular weight excluding hydrogens is 252 g/mol. The molecule has 0 saturated heterocycles. The minimum absolute atomic E-state index is 1.29. The van der Waals surface area contributed by atoms with Crippen LogP contribution in [-0.4, -0.2) is 0 Å². The minimum atomic E-state index is 1.29. The molecule has 0 heteroatoms. The van der Waals surface area contributed by atoms with Crippen molar-refractivity contribution in [1.29, 1.82) is 0 Å². The fourth-order valence-electron chi connectivity index (χ4n) is 2.98. The van der Waals surface area contributed by atoms with E-state index in [9.17, 15) is 0 Å². The number of unbranched alkanes of at least 4 members (excludes halogenated alkanes) is 16. The molecular formula is C21H42. The SMILES string of the molecule is CC=CCCCCCCCCCCCCCCCCCC. The summed E-state index contributed by atoms with van der Waals surface area (Å²) in [5.74, 6) is 0. The van der Waals surface area contributed by atoms with Crippen molar-refractivity contribution >= 4 is 0 Å². The molecule has 0 fully saturated rings. The highest BCUT2D eigenvalue weighted by atomic mass is 14.0. The van der Waals surface area contributed by atoms with Crippen molar-refractivity contribution in [2.24, 2.45) is 0 Å². The third kappa shape index (κ3) is 19.7. The van der Waals surface area contributed by atoms with Gasteiger partial charge in [0.1, 0.15) is 0 Å². The van der Waals surface area contributed by atoms with E-state index in [0.29, 0.717) is 0 Å². The van der Waals surface area contributed by atoms with E-state index in [4.69, 9.17) is 0 Å². The lowest BCUT2D eigenvalue weighted by molar-refractivity contribution is 0.530. The molecule has 0 aliphatic rings. The fraction of sp³-hybridized carbons (Fsp3) is 0.905. The maximum absolute atomic E-state index is 2.30. The number of allylic oxidation sites excluding steroid dienone is 2. The first-order valence-electron chi connectivity index (χ1n) is 10.0. The smallest absolute Gasteiger partial charge is 0.0351 e. The van der Waals surface area contributed by atoms with Crippen molar-refractivity contribution in [2.45, 2.75) is 123 Å². The second-order valence-electron chi connectivity index (χ2n) is 6.66. The van der Waals surface area contributed by atoms with Gasteiger partial charge in [-0.05, 0) is 19.8 Å². The molecule has 0 aromatic rings. The normalized spacial score (nSPS) is 11.5. The van der Waals surface area contributed by atoms with E-state index in [2.05, 4.69) is 26.0 Å². The van der Waals surface area contributed by atoms with Gasteiger partial charge in [-0.3, -0.25) is 0 Å². The van der Waals surface area contributed by atoms with Crippen LogP contribution in [0.3, 0.4) is 0 Å². The first kappa shape index (κ1) is 20.7. The van der Waals surface area contributed by atoms with Gasteiger partial charge in [0.15, 0.2) is 0 Å². The van der Waals surface area contributed by atoms with Crippen molar-refractivity contribution < 1.29 is 0 Å². The summed E-state index contributed by atoms with van der Waals surface area (Å²) in [5, 5.41) is 0. The molecule has 0 aliphatic heterocycles. The van der Waals surface area contributed by atoms with Crippen molar-refractivity contribution in [1.82, 2.24) is 0 Å². The standard InChI is InChI=1S/C21H42/c1-3-5-7-9-11-13-15-17-19-21-20-18-16-14-12-10-8-6-4-2/h3,5H,4,6-21H2,1-2H3. The maximum atomic E-state index is 2.30. The van der Waals surface area contributed by atoms with Crippen LogP contribution in [0.1, 0.15) is 123 Å². The van der Waals surface area contributed by atoms with E-state index >= 15 is 0 Å². The molecule has 0 saturated carbocycles. The first-order valence-corrected chi connectivity index (χ1v) is 10.0. The van der Waals surface area contributed by atoms with E-state index < -0.39 is 0 Å². The third-order valence-electron chi connectivity index (χ3n) is 4.46. The predicted octanol–water partition coefficient (Wildman–Crippen LogP) is 8.21. The Labute approximate surface area is 135 Å². The Bertz CT molecular complexity index is 192. The monoisotopic (exact) mass is 294 g/mol. The first-order chi connectivity index (χ1) is 10.4. The Morgan fingerprint density at radius 1 is 0.476 bits per heavy atom. The Kier molecular flexibility index (Phi) is 19.5. The molecule has 0 aromatic heterocycles. The largest absolute Gasteiger partial charge is 0.0917 e. The van der Waals surface area contributed by atoms with E-state index in [1.165, 1.54) is 109 Å². The van der Waals surface area contributed by atoms with E-state index in [-0.39, 0.29) is 0 Å². The van der Waals surface area contributed by atoms with Gasteiger partial charge in [-0.1, -0.05) is 115 Å². The molecule has 0 unspecified atom stereocenters. The Balaban J connectivity index is 2.93. The molecule has 0 radical (unpaired) electrons. The van der Waals surface area contributed by atoms with Crippen LogP contribution in [0.2, 0.25) is 0 Å². The number of rotatable bonds is 17. The highest BCUT2D eigenvalue weighted by molar-refractivity contribution is 4.76. The van der Waals surface area contributed by atoms with Crippen LogP contribution in [0.5, 0.6) is 0 Å². The second kappa shape index (κ2) is 19.7. The van der Waals surface area contributed by atoms with E-state index in [1.807, 2.05) is 0 Å². The molecule has 0 N–H and O–H groups in total. The predicted molar refractivity (Wildman–Crippen MR) is 99.0 cm³/mol. The zero-order valence-corrected chi connectivity index (χ0v) is 15.2. The lowest BCUT2D eigenvalue weighted by atomic mass is 10.0. The molecule has 21 heavy (non-hydrogen) atoms. The van der Waals surface area contributed by atoms with Crippen LogP contribution in [-0.2, 0) is 0 Å². The number of hydrogen-bond acceptors (Lipinski definition) is 0. The molecule has 0 amide bonds. The van der Waals surface area contributed by atoms with Gasteiger partial charge >= 0.3 is 0 Å². The van der Waals surface area contributed by atoms with Crippen LogP contribution in [0.4, 0.5) is 0 Å². The summed E-state index contributed by atoms with van der Waals surface area (Å²) < 4.78 is 0. The van der Waals surface area contributed by atoms with Crippen molar-refractivity contribution in [2.75, 3.05) is 0 Å². The molecule has 126 valence electrons. The van der Waals surface area contributed by atoms with Crippen LogP contribution in [0.15, 0.2) is 12.2 Å². The van der Waals surface area contributed by atoms with Gasteiger partial charge in [0.05, 0.1) is 0 Å². The molecule has 0 nitrogen and oxygen atoms in total. The van der Waals surface area contributed by atoms with Crippen LogP contribution >= 0.6 is 0 Å². The van der Waals surface area contributed by atoms with Crippen molar-refractivity contribution in [3.8, 4) is 0 Å². The summed E-state index contributed by atoms with van der Waals surface area (Å²) in [6.07, 6.45) is 29.1. The molecule has 0 atom stereocenters. The van der Waals surface area contributed by atoms with Gasteiger partial charge < -0.3 is 0 Å². The summed E-state index contributed by atoms with van der Waals surface area (Å²) in [7, 11) is 0. The average Bonchev–Trinajstić information content (AvgIpc) is 2.50. The summed E-state index contributed by atoms with van der Waals surface area (Å²) in [5.41, 5.74) is 0. The van der Waals surface area contributed by atoms with Gasteiger partial charge in [-0.2, -0.15) is 0 Å². The molecule has 0 bridgehead atoms. The van der Waals surface area contributed by atoms with Crippen molar-refractivity contribution in [3.63, 3.8) is 0 Å². The summed E-state index contributed by atoms with van der Waals surface area (Å²) >= 11 is 0. The summed E-state index contributed by atoms with van der Waals surface area (Å²) in [4.78, 5) is 0. The minimum Gasteiger partial charge on any atom is -0.0917 e. The maximum Gasteiger partial charge on any atom is -0.0351 e. The average molecular weight is 295 g/mol. The summed E-state index contributed by atoms with van der Waals surface area (Å²) in [6, 6.07) is 0. The van der Waals surface area contributed by atoms with Crippen LogP contribution < -0.4 is 0 Å². The van der Waals surface area contributed by atoms with Crippen molar-refractivity contribution in [3.05, 3.63) is 12.2 Å². The molecule has 0 aliphatic carbocycles. The lowest BCUT2D eigenvalue weighted by Crippen LogP contribution is -1.83. The van der Waals surface area contributed by atoms with Gasteiger partial charge in [0.2, 0.25) is 0 Å². The summed E-state index contributed by atoms with van der Waals surface area (Å²) in [6.45, 7) is 4.41. The van der Waals surface area contributed by atoms with Crippen LogP contribution in [0, 0.1) is 0 Å². The molecule has 0 aromatic carbocycles. The highest BCUT2D eigenvalue weighted by Gasteiger charge is 1.94. The van der Waals surface area contributed by atoms with Gasteiger partial charge in [-0.15, -0.1) is 0 Å². The lowest BCUT2D eigenvalue weighted by Gasteiger charge is -2.03. The molecule has 0 spiro atoms. The van der Waals surface area contributed by atoms with Crippen LogP contribution in [0.25, 0.3) is 0 Å². The Morgan fingerprint density at radius 3 is 1.14 bits per heavy atom. The zero-order chi connectivity index (χ0) is 15.4. The fourth-order valence-corrected chi connectivity index (χ4v) is 2.98. The Hall–Kier alpha value is -0.260. The number of hydrogen-bond donors (Lipinski definition) is 0. The zero-order valence-electron chi connectivity index (χ0n) is 15.2. The van der Waals surface area contributed by atoms with Gasteiger partial charge in [-0.25, -0.2) is 0 Å². The van der Waals surface area contributed by atoms with Gasteiger partial charge in [0.25, 0.3) is 0 Å². The van der Waals surface area contributed by atoms with E-state index in [1.54, 1.807) is 0 Å². The molecule has 0 rings (SSSR count). The topological polar surface area (TPSA) is 0 Å². The quantitative estimate of drug-likeness (QED) is 0.187. The third-order valence-corrected chi connectivity index (χ3v) is 4.46. The highest BCUT2D eigenvalue weighted by Crippen LogP contribution is 2.13.